The Morgan fingerprint density at radius 3 is 2.65 bits per heavy atom. The Hall–Kier alpha value is -2.18. The van der Waals surface area contributed by atoms with Crippen LogP contribution in [0.5, 0.6) is 5.75 Å². The summed E-state index contributed by atoms with van der Waals surface area (Å²) >= 11 is 0. The zero-order valence-corrected chi connectivity index (χ0v) is 15.3. The molecule has 2 fully saturated rings. The van der Waals surface area contributed by atoms with E-state index in [0.29, 0.717) is 11.7 Å². The number of nitrogens with two attached hydrogens (primary N) is 1. The SMILES string of the molecule is C[C@@H](CF)Oc1cc(C(=O)NC(C)(CC(N)=O)C2CC2)ncc1C1CC1. The van der Waals surface area contributed by atoms with Crippen LogP contribution in [-0.2, 0) is 4.79 Å². The van der Waals surface area contributed by atoms with E-state index in [9.17, 15) is 14.0 Å². The third-order valence-corrected chi connectivity index (χ3v) is 5.11. The van der Waals surface area contributed by atoms with Crippen LogP contribution < -0.4 is 15.8 Å². The van der Waals surface area contributed by atoms with Crippen LogP contribution in [0.25, 0.3) is 0 Å². The molecule has 2 amide bonds. The van der Waals surface area contributed by atoms with Crippen molar-refractivity contribution in [2.75, 3.05) is 6.67 Å². The van der Waals surface area contributed by atoms with Gasteiger partial charge in [0.2, 0.25) is 5.91 Å². The third kappa shape index (κ3) is 4.31. The Bertz CT molecular complexity index is 703. The molecule has 1 aromatic heterocycles. The maximum absolute atomic E-state index is 12.9. The van der Waals surface area contributed by atoms with Crippen LogP contribution in [0.2, 0.25) is 0 Å². The second-order valence-corrected chi connectivity index (χ2v) is 7.75. The number of nitrogens with one attached hydrogen (secondary N) is 1. The molecule has 2 atom stereocenters. The van der Waals surface area contributed by atoms with Gasteiger partial charge in [0.05, 0.1) is 0 Å². The van der Waals surface area contributed by atoms with Crippen LogP contribution >= 0.6 is 0 Å². The quantitative estimate of drug-likeness (QED) is 0.705. The number of amides is 2. The summed E-state index contributed by atoms with van der Waals surface area (Å²) in [6, 6.07) is 1.58. The van der Waals surface area contributed by atoms with Crippen LogP contribution in [0.15, 0.2) is 12.3 Å². The number of aromatic nitrogens is 1. The van der Waals surface area contributed by atoms with Crippen LogP contribution in [0.3, 0.4) is 0 Å². The summed E-state index contributed by atoms with van der Waals surface area (Å²) < 4.78 is 18.5. The third-order valence-electron chi connectivity index (χ3n) is 5.11. The Balaban J connectivity index is 1.80. The number of halogens is 1. The highest BCUT2D eigenvalue weighted by Crippen LogP contribution is 2.44. The molecule has 1 aromatic rings. The number of ether oxygens (including phenoxy) is 1. The number of hydrogen-bond acceptors (Lipinski definition) is 4. The van der Waals surface area contributed by atoms with Crippen molar-refractivity contribution in [2.24, 2.45) is 11.7 Å². The van der Waals surface area contributed by atoms with Crippen molar-refractivity contribution < 1.29 is 18.7 Å². The molecule has 7 heteroatoms. The number of hydrogen-bond donors (Lipinski definition) is 2. The van der Waals surface area contributed by atoms with E-state index >= 15 is 0 Å². The number of pyridine rings is 1. The largest absolute Gasteiger partial charge is 0.488 e. The van der Waals surface area contributed by atoms with Gasteiger partial charge in [0, 0.05) is 29.8 Å². The first kappa shape index (κ1) is 18.6. The molecule has 1 unspecified atom stereocenters. The van der Waals surface area contributed by atoms with Crippen molar-refractivity contribution in [2.45, 2.75) is 63.5 Å². The van der Waals surface area contributed by atoms with Gasteiger partial charge >= 0.3 is 0 Å². The van der Waals surface area contributed by atoms with Gasteiger partial charge in [0.15, 0.2) is 0 Å². The van der Waals surface area contributed by atoms with Crippen molar-refractivity contribution in [1.82, 2.24) is 10.3 Å². The summed E-state index contributed by atoms with van der Waals surface area (Å²) in [6.45, 7) is 2.88. The average Bonchev–Trinajstić information content (AvgIpc) is 3.46. The van der Waals surface area contributed by atoms with Gasteiger partial charge in [-0.2, -0.15) is 0 Å². The fourth-order valence-corrected chi connectivity index (χ4v) is 3.32. The molecule has 0 saturated heterocycles. The van der Waals surface area contributed by atoms with E-state index in [4.69, 9.17) is 10.5 Å². The average molecular weight is 363 g/mol. The normalized spacial score (nSPS) is 20.1. The van der Waals surface area contributed by atoms with Gasteiger partial charge in [-0.15, -0.1) is 0 Å². The van der Waals surface area contributed by atoms with Crippen LogP contribution in [0, 0.1) is 5.92 Å². The highest BCUT2D eigenvalue weighted by molar-refractivity contribution is 5.93. The highest BCUT2D eigenvalue weighted by Gasteiger charge is 2.44. The number of carbonyl (C=O) groups excluding carboxylic acids is 2. The zero-order valence-electron chi connectivity index (χ0n) is 15.3. The first-order valence-electron chi connectivity index (χ1n) is 9.15. The van der Waals surface area contributed by atoms with Gasteiger partial charge in [-0.1, -0.05) is 0 Å². The topological polar surface area (TPSA) is 94.3 Å². The number of alkyl halides is 1. The molecule has 2 saturated carbocycles. The summed E-state index contributed by atoms with van der Waals surface area (Å²) in [5.74, 6) is 0.305. The first-order valence-corrected chi connectivity index (χ1v) is 9.15. The van der Waals surface area contributed by atoms with Gasteiger partial charge in [-0.05, 0) is 51.4 Å². The molecule has 0 aliphatic heterocycles. The maximum atomic E-state index is 12.9. The molecule has 0 spiro atoms. The van der Waals surface area contributed by atoms with Crippen molar-refractivity contribution in [3.8, 4) is 5.75 Å². The summed E-state index contributed by atoms with van der Waals surface area (Å²) in [5.41, 5.74) is 5.80. The fraction of sp³-hybridized carbons (Fsp3) is 0.632. The minimum atomic E-state index is -0.674. The van der Waals surface area contributed by atoms with Crippen molar-refractivity contribution in [3.05, 3.63) is 23.5 Å². The van der Waals surface area contributed by atoms with Gasteiger partial charge in [-0.25, -0.2) is 4.39 Å². The molecule has 6 nitrogen and oxygen atoms in total. The number of carbonyl (C=O) groups is 2. The molecular weight excluding hydrogens is 337 g/mol. The molecule has 0 aromatic carbocycles. The van der Waals surface area contributed by atoms with E-state index in [1.165, 1.54) is 0 Å². The second kappa shape index (κ2) is 7.21. The van der Waals surface area contributed by atoms with Gasteiger partial charge in [-0.3, -0.25) is 14.6 Å². The molecule has 0 radical (unpaired) electrons. The summed E-state index contributed by atoms with van der Waals surface area (Å²) in [6.07, 6.45) is 5.16. The van der Waals surface area contributed by atoms with Crippen molar-refractivity contribution >= 4 is 11.8 Å². The smallest absolute Gasteiger partial charge is 0.270 e. The zero-order chi connectivity index (χ0) is 18.9. The minimum Gasteiger partial charge on any atom is -0.488 e. The van der Waals surface area contributed by atoms with Crippen LogP contribution in [0.1, 0.15) is 67.9 Å². The first-order chi connectivity index (χ1) is 12.3. The molecule has 142 valence electrons. The number of nitrogens with zero attached hydrogens (tertiary/aromatic N) is 1. The monoisotopic (exact) mass is 363 g/mol. The molecular formula is C19H26FN3O3. The van der Waals surface area contributed by atoms with E-state index in [-0.39, 0.29) is 23.9 Å². The Labute approximate surface area is 152 Å². The molecule has 2 aliphatic rings. The van der Waals surface area contributed by atoms with Gasteiger partial charge in [0.25, 0.3) is 5.91 Å². The Morgan fingerprint density at radius 2 is 2.12 bits per heavy atom. The summed E-state index contributed by atoms with van der Waals surface area (Å²) in [7, 11) is 0. The predicted molar refractivity (Wildman–Crippen MR) is 94.7 cm³/mol. The van der Waals surface area contributed by atoms with Crippen LogP contribution in [0.4, 0.5) is 4.39 Å². The molecule has 1 heterocycles. The molecule has 3 rings (SSSR count). The van der Waals surface area contributed by atoms with Gasteiger partial charge in [0.1, 0.15) is 24.2 Å². The Morgan fingerprint density at radius 1 is 1.42 bits per heavy atom. The van der Waals surface area contributed by atoms with E-state index < -0.39 is 24.2 Å². The van der Waals surface area contributed by atoms with Crippen molar-refractivity contribution in [3.63, 3.8) is 0 Å². The summed E-state index contributed by atoms with van der Waals surface area (Å²) in [4.78, 5) is 28.4. The molecule has 2 aliphatic carbocycles. The Kier molecular flexibility index (Phi) is 5.16. The number of rotatable bonds is 9. The predicted octanol–water partition coefficient (Wildman–Crippen LogP) is 2.47. The van der Waals surface area contributed by atoms with Gasteiger partial charge < -0.3 is 15.8 Å². The summed E-state index contributed by atoms with van der Waals surface area (Å²) in [5, 5.41) is 2.93. The molecule has 3 N–H and O–H groups in total. The lowest BCUT2D eigenvalue weighted by Gasteiger charge is -2.29. The second-order valence-electron chi connectivity index (χ2n) is 7.75. The van der Waals surface area contributed by atoms with E-state index in [1.807, 2.05) is 6.92 Å². The molecule has 26 heavy (non-hydrogen) atoms. The van der Waals surface area contributed by atoms with E-state index in [2.05, 4.69) is 10.3 Å². The lowest BCUT2D eigenvalue weighted by Crippen LogP contribution is -2.50. The lowest BCUT2D eigenvalue weighted by atomic mass is 9.91. The fourth-order valence-electron chi connectivity index (χ4n) is 3.32. The van der Waals surface area contributed by atoms with Crippen LogP contribution in [-0.4, -0.2) is 35.1 Å². The highest BCUT2D eigenvalue weighted by atomic mass is 19.1. The van der Waals surface area contributed by atoms with E-state index in [0.717, 1.165) is 31.2 Å². The van der Waals surface area contributed by atoms with Crippen molar-refractivity contribution in [1.29, 1.82) is 0 Å². The maximum Gasteiger partial charge on any atom is 0.270 e. The minimum absolute atomic E-state index is 0.0891. The van der Waals surface area contributed by atoms with E-state index in [1.54, 1.807) is 19.2 Å². The number of primary amides is 1. The standard InChI is InChI=1S/C19H26FN3O3/c1-11(9-20)26-16-7-15(22-10-14(16)12-3-4-12)18(25)23-19(2,8-17(21)24)13-5-6-13/h7,10-13H,3-6,8-9H2,1-2H3,(H2,21,24)(H,23,25)/t11-,19?/m0/s1. The molecule has 0 bridgehead atoms. The lowest BCUT2D eigenvalue weighted by molar-refractivity contribution is -0.119.